The number of aromatic nitrogens is 2. The van der Waals surface area contributed by atoms with Crippen molar-refractivity contribution in [1.82, 2.24) is 24.7 Å². The second-order valence-corrected chi connectivity index (χ2v) is 10.1. The Kier molecular flexibility index (Phi) is 6.39. The highest BCUT2D eigenvalue weighted by atomic mass is 15.3. The van der Waals surface area contributed by atoms with Crippen LogP contribution in [0.1, 0.15) is 37.9 Å². The summed E-state index contributed by atoms with van der Waals surface area (Å²) < 4.78 is 0. The van der Waals surface area contributed by atoms with Crippen molar-refractivity contribution in [2.75, 3.05) is 58.7 Å². The topological polar surface area (TPSA) is 47.5 Å². The first-order chi connectivity index (χ1) is 15.2. The predicted octanol–water partition coefficient (Wildman–Crippen LogP) is 3.30. The standard InChI is InChI=1S/C25H38N6/c1-29(2)11-5-10-26-25-21-6-3-4-7-22(21)27-24(28-25)18-30-12-14-31(15-13-30)23-17-19-8-9-20(23)16-19/h3-4,6-7,19-20,23H,5,8-18H2,1-2H3,(H,26,27,28)/t19-,20+,23?/m1/s1. The van der Waals surface area contributed by atoms with Gasteiger partial charge >= 0.3 is 0 Å². The Bertz CT molecular complexity index is 875. The van der Waals surface area contributed by atoms with Crippen molar-refractivity contribution in [2.45, 2.75) is 44.7 Å². The zero-order valence-corrected chi connectivity index (χ0v) is 19.3. The molecule has 3 atom stereocenters. The summed E-state index contributed by atoms with van der Waals surface area (Å²) in [6, 6.07) is 9.25. The molecule has 0 amide bonds. The van der Waals surface area contributed by atoms with Crippen molar-refractivity contribution in [3.8, 4) is 0 Å². The van der Waals surface area contributed by atoms with E-state index in [0.29, 0.717) is 0 Å². The van der Waals surface area contributed by atoms with Crippen molar-refractivity contribution < 1.29 is 0 Å². The Hall–Kier alpha value is -1.76. The molecule has 3 fully saturated rings. The summed E-state index contributed by atoms with van der Waals surface area (Å²) in [6.07, 6.45) is 7.03. The third-order valence-corrected chi connectivity index (χ3v) is 7.67. The summed E-state index contributed by atoms with van der Waals surface area (Å²) in [5.41, 5.74) is 1.04. The van der Waals surface area contributed by atoms with Gasteiger partial charge < -0.3 is 10.2 Å². The van der Waals surface area contributed by atoms with Crippen LogP contribution in [-0.4, -0.2) is 84.1 Å². The Morgan fingerprint density at radius 1 is 1.03 bits per heavy atom. The Morgan fingerprint density at radius 3 is 2.61 bits per heavy atom. The molecule has 5 rings (SSSR count). The van der Waals surface area contributed by atoms with Gasteiger partial charge in [-0.05, 0) is 70.3 Å². The number of para-hydroxylation sites is 1. The lowest BCUT2D eigenvalue weighted by atomic mass is 9.93. The van der Waals surface area contributed by atoms with Crippen molar-refractivity contribution in [1.29, 1.82) is 0 Å². The summed E-state index contributed by atoms with van der Waals surface area (Å²) in [5.74, 6) is 3.95. The van der Waals surface area contributed by atoms with Gasteiger partial charge in [0.05, 0.1) is 12.1 Å². The van der Waals surface area contributed by atoms with E-state index in [1.165, 1.54) is 38.8 Å². The van der Waals surface area contributed by atoms with E-state index in [9.17, 15) is 0 Å². The van der Waals surface area contributed by atoms with Gasteiger partial charge in [-0.25, -0.2) is 9.97 Å². The highest BCUT2D eigenvalue weighted by Gasteiger charge is 2.42. The fraction of sp³-hybridized carbons (Fsp3) is 0.680. The molecule has 1 saturated heterocycles. The average molecular weight is 423 g/mol. The van der Waals surface area contributed by atoms with Crippen molar-refractivity contribution in [3.63, 3.8) is 0 Å². The van der Waals surface area contributed by atoms with E-state index in [4.69, 9.17) is 9.97 Å². The molecule has 6 heteroatoms. The van der Waals surface area contributed by atoms with Gasteiger partial charge in [-0.15, -0.1) is 0 Å². The van der Waals surface area contributed by atoms with Gasteiger partial charge in [0, 0.05) is 44.2 Å². The summed E-state index contributed by atoms with van der Waals surface area (Å²) in [6.45, 7) is 7.54. The molecule has 2 aliphatic carbocycles. The van der Waals surface area contributed by atoms with Crippen LogP contribution in [0.2, 0.25) is 0 Å². The zero-order chi connectivity index (χ0) is 21.2. The molecule has 2 aromatic rings. The smallest absolute Gasteiger partial charge is 0.145 e. The van der Waals surface area contributed by atoms with E-state index < -0.39 is 0 Å². The maximum Gasteiger partial charge on any atom is 0.145 e. The number of piperazine rings is 1. The molecule has 3 aliphatic rings. The molecule has 0 spiro atoms. The summed E-state index contributed by atoms with van der Waals surface area (Å²) in [7, 11) is 4.24. The van der Waals surface area contributed by atoms with Gasteiger partial charge in [-0.3, -0.25) is 9.80 Å². The van der Waals surface area contributed by atoms with Crippen molar-refractivity contribution in [3.05, 3.63) is 30.1 Å². The third kappa shape index (κ3) is 4.86. The fourth-order valence-corrected chi connectivity index (χ4v) is 6.04. The highest BCUT2D eigenvalue weighted by Crippen LogP contribution is 2.46. The molecule has 2 heterocycles. The lowest BCUT2D eigenvalue weighted by molar-refractivity contribution is 0.0669. The first-order valence-electron chi connectivity index (χ1n) is 12.3. The number of anilines is 1. The van der Waals surface area contributed by atoms with Gasteiger partial charge in [0.2, 0.25) is 0 Å². The molecule has 1 aliphatic heterocycles. The monoisotopic (exact) mass is 422 g/mol. The fourth-order valence-electron chi connectivity index (χ4n) is 6.04. The van der Waals surface area contributed by atoms with Gasteiger partial charge in [-0.1, -0.05) is 18.6 Å². The molecule has 1 aromatic carbocycles. The quantitative estimate of drug-likeness (QED) is 0.659. The lowest BCUT2D eigenvalue weighted by Crippen LogP contribution is -2.51. The summed E-state index contributed by atoms with van der Waals surface area (Å²) in [5, 5.41) is 4.70. The number of nitrogens with zero attached hydrogens (tertiary/aromatic N) is 5. The van der Waals surface area contributed by atoms with E-state index in [1.807, 2.05) is 0 Å². The van der Waals surface area contributed by atoms with Crippen LogP contribution in [-0.2, 0) is 6.54 Å². The van der Waals surface area contributed by atoms with E-state index in [2.05, 4.69) is 58.4 Å². The molecular weight excluding hydrogens is 384 g/mol. The number of benzene rings is 1. The minimum atomic E-state index is 0.849. The van der Waals surface area contributed by atoms with Gasteiger partial charge in [0.15, 0.2) is 0 Å². The molecule has 1 unspecified atom stereocenters. The molecule has 2 bridgehead atoms. The molecule has 31 heavy (non-hydrogen) atoms. The second-order valence-electron chi connectivity index (χ2n) is 10.1. The molecule has 168 valence electrons. The number of nitrogens with one attached hydrogen (secondary N) is 1. The van der Waals surface area contributed by atoms with Gasteiger partial charge in [0.25, 0.3) is 0 Å². The molecule has 0 radical (unpaired) electrons. The van der Waals surface area contributed by atoms with Gasteiger partial charge in [0.1, 0.15) is 11.6 Å². The van der Waals surface area contributed by atoms with Crippen LogP contribution in [0.5, 0.6) is 0 Å². The number of hydrogen-bond donors (Lipinski definition) is 1. The normalized spacial score (nSPS) is 26.9. The number of rotatable bonds is 8. The Morgan fingerprint density at radius 2 is 1.87 bits per heavy atom. The lowest BCUT2D eigenvalue weighted by Gasteiger charge is -2.40. The van der Waals surface area contributed by atoms with Crippen LogP contribution < -0.4 is 5.32 Å². The predicted molar refractivity (Wildman–Crippen MR) is 127 cm³/mol. The van der Waals surface area contributed by atoms with Crippen molar-refractivity contribution >= 4 is 16.7 Å². The van der Waals surface area contributed by atoms with Crippen LogP contribution >= 0.6 is 0 Å². The van der Waals surface area contributed by atoms with Crippen LogP contribution in [0.3, 0.4) is 0 Å². The highest BCUT2D eigenvalue weighted by molar-refractivity contribution is 5.88. The third-order valence-electron chi connectivity index (χ3n) is 7.67. The maximum absolute atomic E-state index is 4.95. The van der Waals surface area contributed by atoms with E-state index in [1.54, 1.807) is 0 Å². The van der Waals surface area contributed by atoms with Crippen LogP contribution in [0.25, 0.3) is 10.9 Å². The average Bonchev–Trinajstić information content (AvgIpc) is 3.41. The second kappa shape index (κ2) is 9.39. The Balaban J connectivity index is 1.21. The number of hydrogen-bond acceptors (Lipinski definition) is 6. The Labute approximate surface area is 187 Å². The van der Waals surface area contributed by atoms with E-state index in [-0.39, 0.29) is 0 Å². The molecule has 1 aromatic heterocycles. The number of fused-ring (bicyclic) bond motifs is 3. The SMILES string of the molecule is CN(C)CCCNc1nc(CN2CCN(C3C[C@@H]4CC[C@H]3C4)CC2)nc2ccccc12. The minimum Gasteiger partial charge on any atom is -0.369 e. The van der Waals surface area contributed by atoms with E-state index >= 15 is 0 Å². The molecule has 1 N–H and O–H groups in total. The molecule has 6 nitrogen and oxygen atoms in total. The molecule has 2 saturated carbocycles. The van der Waals surface area contributed by atoms with E-state index in [0.717, 1.165) is 79.6 Å². The van der Waals surface area contributed by atoms with Crippen LogP contribution in [0.15, 0.2) is 24.3 Å². The maximum atomic E-state index is 4.95. The van der Waals surface area contributed by atoms with Crippen LogP contribution in [0, 0.1) is 11.8 Å². The largest absolute Gasteiger partial charge is 0.369 e. The van der Waals surface area contributed by atoms with Crippen molar-refractivity contribution in [2.24, 2.45) is 11.8 Å². The summed E-state index contributed by atoms with van der Waals surface area (Å²) >= 11 is 0. The van der Waals surface area contributed by atoms with Crippen LogP contribution in [0.4, 0.5) is 5.82 Å². The first kappa shape index (κ1) is 21.1. The zero-order valence-electron chi connectivity index (χ0n) is 19.3. The molecular formula is C25H38N6. The summed E-state index contributed by atoms with van der Waals surface area (Å²) in [4.78, 5) is 17.4. The van der Waals surface area contributed by atoms with Gasteiger partial charge in [-0.2, -0.15) is 0 Å². The first-order valence-corrected chi connectivity index (χ1v) is 12.3. The minimum absolute atomic E-state index is 0.849.